The summed E-state index contributed by atoms with van der Waals surface area (Å²) in [4.78, 5) is 13.2. The first kappa shape index (κ1) is 15.1. The van der Waals surface area contributed by atoms with Gasteiger partial charge in [0, 0.05) is 18.7 Å². The summed E-state index contributed by atoms with van der Waals surface area (Å²) in [5, 5.41) is 9.09. The molecule has 1 spiro atoms. The average Bonchev–Trinajstić information content (AvgIpc) is 2.36. The van der Waals surface area contributed by atoms with E-state index in [0.717, 1.165) is 32.3 Å². The Morgan fingerprint density at radius 3 is 2.74 bits per heavy atom. The van der Waals surface area contributed by atoms with Crippen LogP contribution in [0.25, 0.3) is 0 Å². The molecule has 0 aromatic heterocycles. The Balaban J connectivity index is 2.03. The van der Waals surface area contributed by atoms with Crippen molar-refractivity contribution in [1.82, 2.24) is 4.90 Å². The first-order valence-corrected chi connectivity index (χ1v) is 8.37. The van der Waals surface area contributed by atoms with Gasteiger partial charge in [-0.2, -0.15) is 11.8 Å². The number of thioether (sulfide) groups is 1. The quantitative estimate of drug-likeness (QED) is 0.859. The molecule has 1 unspecified atom stereocenters. The van der Waals surface area contributed by atoms with Crippen LogP contribution in [0.1, 0.15) is 39.5 Å². The van der Waals surface area contributed by atoms with Crippen LogP contribution >= 0.6 is 11.8 Å². The molecular weight excluding hydrogens is 262 g/mol. The highest BCUT2D eigenvalue weighted by Gasteiger charge is 2.41. The number of hydrogen-bond donors (Lipinski definition) is 1. The SMILES string of the molecule is CC(C)N(CC(=O)O)C1CCOC2(CCSCC2)C1. The molecule has 0 amide bonds. The standard InChI is InChI=1S/C14H25NO3S/c1-11(2)15(10-13(16)17)12-3-6-18-14(9-12)4-7-19-8-5-14/h11-12H,3-10H2,1-2H3,(H,16,17). The summed E-state index contributed by atoms with van der Waals surface area (Å²) in [5.74, 6) is 1.62. The number of carboxylic acids is 1. The van der Waals surface area contributed by atoms with Crippen LogP contribution in [-0.2, 0) is 9.53 Å². The van der Waals surface area contributed by atoms with E-state index < -0.39 is 5.97 Å². The molecule has 2 heterocycles. The summed E-state index contributed by atoms with van der Waals surface area (Å²) in [7, 11) is 0. The number of hydrogen-bond acceptors (Lipinski definition) is 4. The minimum atomic E-state index is -0.728. The van der Waals surface area contributed by atoms with Gasteiger partial charge in [0.05, 0.1) is 12.1 Å². The zero-order valence-electron chi connectivity index (χ0n) is 11.9. The summed E-state index contributed by atoms with van der Waals surface area (Å²) in [6.45, 7) is 5.09. The fourth-order valence-electron chi connectivity index (χ4n) is 3.27. The third-order valence-corrected chi connectivity index (χ3v) is 5.31. The van der Waals surface area contributed by atoms with E-state index >= 15 is 0 Å². The van der Waals surface area contributed by atoms with Crippen molar-refractivity contribution in [3.05, 3.63) is 0 Å². The number of carboxylic acid groups (broad SMARTS) is 1. The van der Waals surface area contributed by atoms with E-state index in [1.807, 2.05) is 11.8 Å². The highest BCUT2D eigenvalue weighted by molar-refractivity contribution is 7.99. The highest BCUT2D eigenvalue weighted by Crippen LogP contribution is 2.39. The number of carbonyl (C=O) groups is 1. The van der Waals surface area contributed by atoms with Gasteiger partial charge in [0.1, 0.15) is 0 Å². The monoisotopic (exact) mass is 287 g/mol. The lowest BCUT2D eigenvalue weighted by molar-refractivity contribution is -0.144. The van der Waals surface area contributed by atoms with Crippen molar-refractivity contribution in [1.29, 1.82) is 0 Å². The Bertz CT molecular complexity index is 310. The second-order valence-corrected chi connectivity index (χ2v) is 7.18. The normalized spacial score (nSPS) is 27.1. The van der Waals surface area contributed by atoms with Crippen LogP contribution < -0.4 is 0 Å². The van der Waals surface area contributed by atoms with Crippen molar-refractivity contribution in [3.8, 4) is 0 Å². The zero-order chi connectivity index (χ0) is 13.9. The fourth-order valence-corrected chi connectivity index (χ4v) is 4.50. The Hall–Kier alpha value is -0.260. The Kier molecular flexibility index (Phi) is 5.15. The lowest BCUT2D eigenvalue weighted by atomic mass is 9.84. The molecule has 2 aliphatic rings. The molecule has 2 fully saturated rings. The van der Waals surface area contributed by atoms with E-state index in [-0.39, 0.29) is 18.2 Å². The van der Waals surface area contributed by atoms with Gasteiger partial charge in [-0.15, -0.1) is 0 Å². The molecule has 2 rings (SSSR count). The largest absolute Gasteiger partial charge is 0.480 e. The molecule has 110 valence electrons. The molecule has 5 heteroatoms. The van der Waals surface area contributed by atoms with E-state index in [2.05, 4.69) is 18.7 Å². The molecular formula is C14H25NO3S. The number of aliphatic carboxylic acids is 1. The van der Waals surface area contributed by atoms with Crippen molar-refractivity contribution in [2.24, 2.45) is 0 Å². The van der Waals surface area contributed by atoms with Gasteiger partial charge in [-0.25, -0.2) is 0 Å². The molecule has 0 saturated carbocycles. The highest BCUT2D eigenvalue weighted by atomic mass is 32.2. The first-order valence-electron chi connectivity index (χ1n) is 7.22. The summed E-state index contributed by atoms with van der Waals surface area (Å²) >= 11 is 2.00. The Morgan fingerprint density at radius 1 is 1.47 bits per heavy atom. The van der Waals surface area contributed by atoms with Gasteiger partial charge in [-0.3, -0.25) is 9.69 Å². The van der Waals surface area contributed by atoms with Crippen molar-refractivity contribution < 1.29 is 14.6 Å². The minimum Gasteiger partial charge on any atom is -0.480 e. The van der Waals surface area contributed by atoms with E-state index in [9.17, 15) is 4.79 Å². The number of ether oxygens (including phenoxy) is 1. The van der Waals surface area contributed by atoms with Crippen molar-refractivity contribution in [2.75, 3.05) is 24.7 Å². The number of rotatable bonds is 4. The van der Waals surface area contributed by atoms with Gasteiger partial charge >= 0.3 is 5.97 Å². The van der Waals surface area contributed by atoms with Gasteiger partial charge in [0.15, 0.2) is 0 Å². The predicted molar refractivity (Wildman–Crippen MR) is 77.7 cm³/mol. The lowest BCUT2D eigenvalue weighted by Gasteiger charge is -2.47. The molecule has 0 aromatic carbocycles. The van der Waals surface area contributed by atoms with Crippen LogP contribution in [0.15, 0.2) is 0 Å². The molecule has 2 saturated heterocycles. The number of nitrogens with zero attached hydrogens (tertiary/aromatic N) is 1. The van der Waals surface area contributed by atoms with Crippen LogP contribution in [0, 0.1) is 0 Å². The predicted octanol–water partition coefficient (Wildman–Crippen LogP) is 2.23. The maximum atomic E-state index is 11.0. The van der Waals surface area contributed by atoms with Crippen LogP contribution in [0.5, 0.6) is 0 Å². The maximum Gasteiger partial charge on any atom is 0.317 e. The van der Waals surface area contributed by atoms with E-state index in [0.29, 0.717) is 6.04 Å². The van der Waals surface area contributed by atoms with Crippen LogP contribution in [-0.4, -0.2) is 58.3 Å². The summed E-state index contributed by atoms with van der Waals surface area (Å²) in [5.41, 5.74) is 0.0276. The van der Waals surface area contributed by atoms with E-state index in [1.54, 1.807) is 0 Å². The van der Waals surface area contributed by atoms with E-state index in [4.69, 9.17) is 9.84 Å². The molecule has 2 aliphatic heterocycles. The molecule has 1 atom stereocenters. The topological polar surface area (TPSA) is 49.8 Å². The molecule has 4 nitrogen and oxygen atoms in total. The van der Waals surface area contributed by atoms with Crippen molar-refractivity contribution >= 4 is 17.7 Å². The maximum absolute atomic E-state index is 11.0. The molecule has 0 bridgehead atoms. The van der Waals surface area contributed by atoms with Crippen LogP contribution in [0.4, 0.5) is 0 Å². The molecule has 0 aliphatic carbocycles. The Morgan fingerprint density at radius 2 is 2.16 bits per heavy atom. The van der Waals surface area contributed by atoms with Gasteiger partial charge in [0.25, 0.3) is 0 Å². The van der Waals surface area contributed by atoms with Crippen molar-refractivity contribution in [2.45, 2.75) is 57.2 Å². The first-order chi connectivity index (χ1) is 9.02. The summed E-state index contributed by atoms with van der Waals surface area (Å²) in [6.07, 6.45) is 4.19. The van der Waals surface area contributed by atoms with Crippen LogP contribution in [0.2, 0.25) is 0 Å². The summed E-state index contributed by atoms with van der Waals surface area (Å²) < 4.78 is 6.08. The van der Waals surface area contributed by atoms with Gasteiger partial charge < -0.3 is 9.84 Å². The lowest BCUT2D eigenvalue weighted by Crippen LogP contribution is -2.53. The van der Waals surface area contributed by atoms with Gasteiger partial charge in [-0.1, -0.05) is 0 Å². The fraction of sp³-hybridized carbons (Fsp3) is 0.929. The van der Waals surface area contributed by atoms with Gasteiger partial charge in [0.2, 0.25) is 0 Å². The van der Waals surface area contributed by atoms with Crippen LogP contribution in [0.3, 0.4) is 0 Å². The average molecular weight is 287 g/mol. The molecule has 19 heavy (non-hydrogen) atoms. The second kappa shape index (κ2) is 6.46. The van der Waals surface area contributed by atoms with Crippen molar-refractivity contribution in [3.63, 3.8) is 0 Å². The summed E-state index contributed by atoms with van der Waals surface area (Å²) in [6, 6.07) is 0.627. The third-order valence-electron chi connectivity index (χ3n) is 4.32. The molecule has 0 aromatic rings. The third kappa shape index (κ3) is 3.86. The smallest absolute Gasteiger partial charge is 0.317 e. The molecule has 1 N–H and O–H groups in total. The van der Waals surface area contributed by atoms with E-state index in [1.165, 1.54) is 11.5 Å². The molecule has 0 radical (unpaired) electrons. The second-order valence-electron chi connectivity index (χ2n) is 5.95. The Labute approximate surface area is 119 Å². The van der Waals surface area contributed by atoms with Gasteiger partial charge in [-0.05, 0) is 51.0 Å². The zero-order valence-corrected chi connectivity index (χ0v) is 12.7. The minimum absolute atomic E-state index is 0.0276.